The van der Waals surface area contributed by atoms with E-state index in [1.54, 1.807) is 24.3 Å². The van der Waals surface area contributed by atoms with Gasteiger partial charge in [0.15, 0.2) is 0 Å². The molecule has 1 aliphatic carbocycles. The van der Waals surface area contributed by atoms with Gasteiger partial charge in [0.05, 0.1) is 36.1 Å². The zero-order chi connectivity index (χ0) is 20.5. The summed E-state index contributed by atoms with van der Waals surface area (Å²) in [5.74, 6) is -1.06. The van der Waals surface area contributed by atoms with Crippen molar-refractivity contribution in [2.24, 2.45) is 10.7 Å². The van der Waals surface area contributed by atoms with Crippen molar-refractivity contribution in [1.82, 2.24) is 9.80 Å². The summed E-state index contributed by atoms with van der Waals surface area (Å²) in [6, 6.07) is 6.78. The van der Waals surface area contributed by atoms with Crippen LogP contribution in [0.5, 0.6) is 0 Å². The quantitative estimate of drug-likeness (QED) is 0.586. The molecular weight excluding hydrogens is 375 g/mol. The number of benzene rings is 1. The highest BCUT2D eigenvalue weighted by Crippen LogP contribution is 2.30. The molecule has 0 atom stereocenters. The van der Waals surface area contributed by atoms with Crippen LogP contribution >= 0.6 is 0 Å². The fraction of sp³-hybridized carbons (Fsp3) is 0.333. The summed E-state index contributed by atoms with van der Waals surface area (Å²) in [6.45, 7) is 0.330. The van der Waals surface area contributed by atoms with Gasteiger partial charge in [0, 0.05) is 30.9 Å². The van der Waals surface area contributed by atoms with Gasteiger partial charge in [-0.3, -0.25) is 24.3 Å². The molecule has 0 unspecified atom stereocenters. The van der Waals surface area contributed by atoms with E-state index in [0.29, 0.717) is 41.7 Å². The number of nitrogens with two attached hydrogens (primary N) is 1. The number of rotatable bonds is 6. The molecule has 0 bridgehead atoms. The van der Waals surface area contributed by atoms with Crippen LogP contribution in [-0.2, 0) is 4.79 Å². The first-order valence-electron chi connectivity index (χ1n) is 9.54. The smallest absolute Gasteiger partial charge is 0.261 e. The number of hydrogen-bond donors (Lipinski definition) is 1. The van der Waals surface area contributed by atoms with E-state index in [2.05, 4.69) is 4.99 Å². The molecule has 2 heterocycles. The third-order valence-electron chi connectivity index (χ3n) is 5.36. The fourth-order valence-electron chi connectivity index (χ4n) is 3.60. The van der Waals surface area contributed by atoms with E-state index in [4.69, 9.17) is 5.73 Å². The summed E-state index contributed by atoms with van der Waals surface area (Å²) in [7, 11) is 0. The van der Waals surface area contributed by atoms with Crippen LogP contribution in [0, 0.1) is 0 Å². The molecule has 150 valence electrons. The normalized spacial score (nSPS) is 20.3. The molecule has 4 rings (SSSR count). The van der Waals surface area contributed by atoms with Gasteiger partial charge in [-0.05, 0) is 30.5 Å². The minimum atomic E-state index is -0.455. The molecule has 0 saturated heterocycles. The number of aliphatic imine (C=N–C) groups is 1. The molecule has 1 saturated carbocycles. The Morgan fingerprint density at radius 3 is 2.38 bits per heavy atom. The molecule has 7 nitrogen and oxygen atoms in total. The Balaban J connectivity index is 1.42. The highest BCUT2D eigenvalue weighted by Gasteiger charge is 2.37. The van der Waals surface area contributed by atoms with Gasteiger partial charge in [0.2, 0.25) is 0 Å². The topological polar surface area (TPSA) is 96.1 Å². The van der Waals surface area contributed by atoms with Crippen molar-refractivity contribution < 1.29 is 18.8 Å². The van der Waals surface area contributed by atoms with Crippen molar-refractivity contribution in [3.05, 3.63) is 58.6 Å². The van der Waals surface area contributed by atoms with Crippen molar-refractivity contribution in [1.29, 1.82) is 0 Å². The Bertz CT molecular complexity index is 943. The van der Waals surface area contributed by atoms with Crippen molar-refractivity contribution >= 4 is 23.9 Å². The molecular formula is C21H21FN4O3. The maximum atomic E-state index is 13.4. The van der Waals surface area contributed by atoms with Gasteiger partial charge in [0.25, 0.3) is 17.7 Å². The second-order valence-corrected chi connectivity index (χ2v) is 7.40. The minimum absolute atomic E-state index is 0.0859. The van der Waals surface area contributed by atoms with Gasteiger partial charge >= 0.3 is 0 Å². The zero-order valence-electron chi connectivity index (χ0n) is 15.8. The van der Waals surface area contributed by atoms with E-state index in [1.807, 2.05) is 4.90 Å². The first-order valence-corrected chi connectivity index (χ1v) is 9.54. The van der Waals surface area contributed by atoms with E-state index in [-0.39, 0.29) is 30.6 Å². The van der Waals surface area contributed by atoms with Crippen LogP contribution in [0.2, 0.25) is 0 Å². The third kappa shape index (κ3) is 3.57. The summed E-state index contributed by atoms with van der Waals surface area (Å²) in [5.41, 5.74) is 7.55. The molecule has 29 heavy (non-hydrogen) atoms. The van der Waals surface area contributed by atoms with Gasteiger partial charge in [0.1, 0.15) is 0 Å². The number of carbonyl (C=O) groups is 3. The van der Waals surface area contributed by atoms with Crippen LogP contribution in [0.4, 0.5) is 4.39 Å². The fourth-order valence-corrected chi connectivity index (χ4v) is 3.60. The van der Waals surface area contributed by atoms with E-state index < -0.39 is 11.8 Å². The number of fused-ring (bicyclic) bond motifs is 1. The Hall–Kier alpha value is -3.29. The number of amides is 3. The Labute approximate surface area is 167 Å². The lowest BCUT2D eigenvalue weighted by Gasteiger charge is -2.28. The molecule has 1 aromatic rings. The monoisotopic (exact) mass is 396 g/mol. The summed E-state index contributed by atoms with van der Waals surface area (Å²) < 4.78 is 13.4. The van der Waals surface area contributed by atoms with Crippen LogP contribution in [0.3, 0.4) is 0 Å². The predicted molar refractivity (Wildman–Crippen MR) is 105 cm³/mol. The Morgan fingerprint density at radius 1 is 1.14 bits per heavy atom. The van der Waals surface area contributed by atoms with E-state index >= 15 is 0 Å². The molecule has 0 spiro atoms. The number of hydrogen-bond acceptors (Lipinski definition) is 5. The molecule has 0 aromatic heterocycles. The van der Waals surface area contributed by atoms with Gasteiger partial charge in [-0.15, -0.1) is 0 Å². The highest BCUT2D eigenvalue weighted by atomic mass is 19.1. The standard InChI is InChI=1S/C21H21FN4O3/c22-9-13(12-26-19(27)15-3-1-2-4-16(15)20(26)28)10-24-11-17-18(23)7-8-25(21(17)29)14-5-6-14/h1-4,9,11,14H,5-8,10,12,23H2/b13-9-,24-11?. The lowest BCUT2D eigenvalue weighted by molar-refractivity contribution is -0.127. The molecule has 1 aromatic carbocycles. The van der Waals surface area contributed by atoms with Gasteiger partial charge in [-0.25, -0.2) is 4.39 Å². The number of carbonyl (C=O) groups excluding carboxylic acids is 3. The van der Waals surface area contributed by atoms with Gasteiger partial charge < -0.3 is 10.6 Å². The predicted octanol–water partition coefficient (Wildman–Crippen LogP) is 1.81. The van der Waals surface area contributed by atoms with Crippen molar-refractivity contribution in [3.8, 4) is 0 Å². The Morgan fingerprint density at radius 2 is 1.79 bits per heavy atom. The van der Waals surface area contributed by atoms with E-state index in [1.165, 1.54) is 6.21 Å². The first-order chi connectivity index (χ1) is 14.0. The molecule has 3 amide bonds. The van der Waals surface area contributed by atoms with E-state index in [9.17, 15) is 18.8 Å². The van der Waals surface area contributed by atoms with Crippen LogP contribution in [0.15, 0.2) is 52.4 Å². The number of imide groups is 1. The minimum Gasteiger partial charge on any atom is -0.401 e. The summed E-state index contributed by atoms with van der Waals surface area (Å²) in [6.07, 6.45) is 4.32. The molecule has 1 fully saturated rings. The largest absolute Gasteiger partial charge is 0.401 e. The van der Waals surface area contributed by atoms with Crippen LogP contribution in [0.25, 0.3) is 0 Å². The molecule has 0 radical (unpaired) electrons. The average molecular weight is 396 g/mol. The lowest BCUT2D eigenvalue weighted by atomic mass is 10.1. The van der Waals surface area contributed by atoms with Crippen molar-refractivity contribution in [3.63, 3.8) is 0 Å². The summed E-state index contributed by atoms with van der Waals surface area (Å²) in [5, 5.41) is 0. The average Bonchev–Trinajstić information content (AvgIpc) is 3.53. The molecule has 8 heteroatoms. The van der Waals surface area contributed by atoms with Gasteiger partial charge in [-0.2, -0.15) is 0 Å². The van der Waals surface area contributed by atoms with E-state index in [0.717, 1.165) is 17.7 Å². The third-order valence-corrected chi connectivity index (χ3v) is 5.36. The summed E-state index contributed by atoms with van der Waals surface area (Å²) in [4.78, 5) is 44.4. The van der Waals surface area contributed by atoms with Crippen LogP contribution in [-0.4, -0.2) is 59.4 Å². The second kappa shape index (κ2) is 7.62. The number of nitrogens with zero attached hydrogens (tertiary/aromatic N) is 3. The maximum Gasteiger partial charge on any atom is 0.261 e. The second-order valence-electron chi connectivity index (χ2n) is 7.40. The lowest BCUT2D eigenvalue weighted by Crippen LogP contribution is -2.40. The van der Waals surface area contributed by atoms with Crippen LogP contribution < -0.4 is 5.73 Å². The molecule has 2 N–H and O–H groups in total. The van der Waals surface area contributed by atoms with Crippen LogP contribution in [0.1, 0.15) is 40.0 Å². The first kappa shape index (κ1) is 19.0. The number of halogens is 1. The maximum absolute atomic E-state index is 13.4. The zero-order valence-corrected chi connectivity index (χ0v) is 15.8. The highest BCUT2D eigenvalue weighted by molar-refractivity contribution is 6.21. The molecule has 3 aliphatic rings. The molecule has 2 aliphatic heterocycles. The van der Waals surface area contributed by atoms with Crippen molar-refractivity contribution in [2.45, 2.75) is 25.3 Å². The summed E-state index contributed by atoms with van der Waals surface area (Å²) >= 11 is 0. The SMILES string of the molecule is NC1=C(C=NC/C(=C/F)CN2C(=O)c3ccccc3C2=O)C(=O)N(C2CC2)CC1. The van der Waals surface area contributed by atoms with Crippen molar-refractivity contribution in [2.75, 3.05) is 19.6 Å². The van der Waals surface area contributed by atoms with Gasteiger partial charge in [-0.1, -0.05) is 12.1 Å². The Kier molecular flexibility index (Phi) is 5.00.